The molecule has 0 amide bonds. The smallest absolute Gasteiger partial charge is 0.462 e. The molecule has 0 aromatic heterocycles. The van der Waals surface area contributed by atoms with Crippen molar-refractivity contribution >= 4 is 19.8 Å². The van der Waals surface area contributed by atoms with E-state index in [9.17, 15) is 44.6 Å². The minimum absolute atomic E-state index is 0.0978. The van der Waals surface area contributed by atoms with Gasteiger partial charge in [0.05, 0.1) is 6.61 Å². The van der Waals surface area contributed by atoms with Crippen LogP contribution in [0.25, 0.3) is 0 Å². The first kappa shape index (κ1) is 64.3. The van der Waals surface area contributed by atoms with E-state index in [0.717, 1.165) is 57.8 Å². The minimum Gasteiger partial charge on any atom is -0.462 e. The highest BCUT2D eigenvalue weighted by Crippen LogP contribution is 2.47. The van der Waals surface area contributed by atoms with Crippen molar-refractivity contribution in [3.8, 4) is 0 Å². The van der Waals surface area contributed by atoms with Gasteiger partial charge < -0.3 is 39.9 Å². The number of hydrogen-bond donors (Lipinski definition) is 6. The number of aliphatic hydroxyl groups excluding tert-OH is 5. The molecule has 0 saturated heterocycles. The predicted octanol–water partition coefficient (Wildman–Crippen LogP) is 12.3. The second-order valence-electron chi connectivity index (χ2n) is 19.4. The topological polar surface area (TPSA) is 210 Å². The average Bonchev–Trinajstić information content (AvgIpc) is 3.32. The lowest BCUT2D eigenvalue weighted by atomic mass is 9.85. The fraction of sp³-hybridized carbons (Fsp3) is 0.889. The van der Waals surface area contributed by atoms with Gasteiger partial charge in [0.2, 0.25) is 0 Å². The molecule has 0 heterocycles. The third kappa shape index (κ3) is 35.4. The van der Waals surface area contributed by atoms with Crippen molar-refractivity contribution in [1.82, 2.24) is 0 Å². The van der Waals surface area contributed by atoms with Gasteiger partial charge >= 0.3 is 19.8 Å². The Morgan fingerprint density at radius 2 is 0.794 bits per heavy atom. The molecule has 6 unspecified atom stereocenters. The number of carbonyl (C=O) groups is 2. The molecule has 13 nitrogen and oxygen atoms in total. The molecule has 1 saturated carbocycles. The molecule has 0 aliphatic heterocycles. The molecular weight excluding hydrogens is 888 g/mol. The monoisotopic (exact) mass is 989 g/mol. The predicted molar refractivity (Wildman–Crippen MR) is 272 cm³/mol. The van der Waals surface area contributed by atoms with Gasteiger partial charge in [0.25, 0.3) is 0 Å². The molecule has 400 valence electrons. The van der Waals surface area contributed by atoms with E-state index in [1.54, 1.807) is 0 Å². The van der Waals surface area contributed by atoms with E-state index >= 15 is 0 Å². The van der Waals surface area contributed by atoms with E-state index in [0.29, 0.717) is 12.8 Å². The number of allylic oxidation sites excluding steroid dienone is 4. The summed E-state index contributed by atoms with van der Waals surface area (Å²) >= 11 is 0. The van der Waals surface area contributed by atoms with Crippen LogP contribution in [0, 0.1) is 0 Å². The van der Waals surface area contributed by atoms with E-state index < -0.39 is 75.7 Å². The van der Waals surface area contributed by atoms with E-state index in [-0.39, 0.29) is 12.8 Å². The highest BCUT2D eigenvalue weighted by atomic mass is 31.2. The quantitative estimate of drug-likeness (QED) is 0.0145. The van der Waals surface area contributed by atoms with Crippen LogP contribution in [-0.2, 0) is 32.7 Å². The summed E-state index contributed by atoms with van der Waals surface area (Å²) < 4.78 is 33.7. The summed E-state index contributed by atoms with van der Waals surface area (Å²) in [5.74, 6) is -1.09. The number of unbranched alkanes of at least 4 members (excludes halogenated alkanes) is 31. The van der Waals surface area contributed by atoms with Gasteiger partial charge in [-0.15, -0.1) is 0 Å². The standard InChI is InChI=1S/C54H101O13P/c1-3-5-7-9-11-13-15-17-19-21-22-23-24-25-26-27-29-31-33-35-37-39-41-43-48(56)66-46(45-65-68(62,63)67-54-52(60)50(58)49(57)51(59)53(54)61)44-64-47(55)42-40-38-36-34-32-30-28-20-18-16-14-12-10-8-6-4-2/h15,17,21-22,46,49-54,57-61H,3-14,16,18-20,23-45H2,1-2H3,(H,62,63)/b17-15-,22-21-. The maximum atomic E-state index is 12.9. The van der Waals surface area contributed by atoms with Gasteiger partial charge in [0.15, 0.2) is 6.10 Å². The molecule has 0 aromatic rings. The van der Waals surface area contributed by atoms with Crippen LogP contribution < -0.4 is 0 Å². The summed E-state index contributed by atoms with van der Waals surface area (Å²) in [6.45, 7) is 3.34. The highest BCUT2D eigenvalue weighted by molar-refractivity contribution is 7.47. The van der Waals surface area contributed by atoms with Crippen LogP contribution in [0.15, 0.2) is 24.3 Å². The largest absolute Gasteiger partial charge is 0.472 e. The zero-order chi connectivity index (χ0) is 49.9. The first-order valence-electron chi connectivity index (χ1n) is 27.6. The zero-order valence-corrected chi connectivity index (χ0v) is 43.8. The van der Waals surface area contributed by atoms with Crippen LogP contribution in [-0.4, -0.2) is 98.3 Å². The number of phosphoric acid groups is 1. The van der Waals surface area contributed by atoms with Crippen molar-refractivity contribution in [3.05, 3.63) is 24.3 Å². The molecule has 0 aromatic carbocycles. The molecule has 0 spiro atoms. The van der Waals surface area contributed by atoms with Crippen LogP contribution in [0.1, 0.15) is 251 Å². The van der Waals surface area contributed by atoms with Crippen LogP contribution in [0.4, 0.5) is 0 Å². The van der Waals surface area contributed by atoms with Gasteiger partial charge in [-0.05, 0) is 44.9 Å². The molecule has 1 aliphatic carbocycles. The Morgan fingerprint density at radius 1 is 0.456 bits per heavy atom. The molecule has 0 bridgehead atoms. The Hall–Kier alpha value is -1.67. The molecule has 68 heavy (non-hydrogen) atoms. The van der Waals surface area contributed by atoms with Gasteiger partial charge in [-0.3, -0.25) is 18.6 Å². The summed E-state index contributed by atoms with van der Waals surface area (Å²) in [5, 5.41) is 50.3. The van der Waals surface area contributed by atoms with Crippen molar-refractivity contribution in [2.24, 2.45) is 0 Å². The van der Waals surface area contributed by atoms with E-state index in [1.165, 1.54) is 154 Å². The maximum absolute atomic E-state index is 12.9. The molecular formula is C54H101O13P. The van der Waals surface area contributed by atoms with Crippen molar-refractivity contribution in [1.29, 1.82) is 0 Å². The summed E-state index contributed by atoms with van der Waals surface area (Å²) in [6.07, 6.45) is 37.9. The van der Waals surface area contributed by atoms with Gasteiger partial charge in [0.1, 0.15) is 43.2 Å². The molecule has 1 fully saturated rings. The molecule has 6 atom stereocenters. The number of ether oxygens (including phenoxy) is 2. The number of rotatable bonds is 47. The second kappa shape index (κ2) is 44.1. The average molecular weight is 989 g/mol. The van der Waals surface area contributed by atoms with Crippen LogP contribution in [0.3, 0.4) is 0 Å². The summed E-state index contributed by atoms with van der Waals surface area (Å²) in [7, 11) is -5.12. The summed E-state index contributed by atoms with van der Waals surface area (Å²) in [5.41, 5.74) is 0. The number of aliphatic hydroxyl groups is 5. The molecule has 6 N–H and O–H groups in total. The molecule has 0 radical (unpaired) electrons. The number of hydrogen-bond acceptors (Lipinski definition) is 12. The van der Waals surface area contributed by atoms with Gasteiger partial charge in [-0.1, -0.05) is 218 Å². The number of esters is 2. The Balaban J connectivity index is 2.34. The highest BCUT2D eigenvalue weighted by Gasteiger charge is 2.51. The molecule has 1 aliphatic rings. The fourth-order valence-corrected chi connectivity index (χ4v) is 9.59. The normalized spacial score (nSPS) is 21.1. The Labute approximate surface area is 413 Å². The van der Waals surface area contributed by atoms with Gasteiger partial charge in [-0.2, -0.15) is 0 Å². The van der Waals surface area contributed by atoms with E-state index in [4.69, 9.17) is 18.5 Å². The van der Waals surface area contributed by atoms with Crippen LogP contribution in [0.2, 0.25) is 0 Å². The van der Waals surface area contributed by atoms with E-state index in [2.05, 4.69) is 38.2 Å². The Morgan fingerprint density at radius 3 is 1.19 bits per heavy atom. The molecule has 1 rings (SSSR count). The Kier molecular flexibility index (Phi) is 41.7. The Bertz CT molecular complexity index is 1280. The fourth-order valence-electron chi connectivity index (χ4n) is 8.61. The molecule has 14 heteroatoms. The van der Waals surface area contributed by atoms with Crippen molar-refractivity contribution in [2.75, 3.05) is 13.2 Å². The van der Waals surface area contributed by atoms with Crippen molar-refractivity contribution < 1.29 is 63.1 Å². The van der Waals surface area contributed by atoms with E-state index in [1.807, 2.05) is 0 Å². The maximum Gasteiger partial charge on any atom is 0.472 e. The number of phosphoric ester groups is 1. The summed E-state index contributed by atoms with van der Waals surface area (Å²) in [6, 6.07) is 0. The zero-order valence-electron chi connectivity index (χ0n) is 42.9. The van der Waals surface area contributed by atoms with Crippen molar-refractivity contribution in [2.45, 2.75) is 294 Å². The summed E-state index contributed by atoms with van der Waals surface area (Å²) in [4.78, 5) is 35.9. The third-order valence-corrected chi connectivity index (χ3v) is 14.0. The number of carbonyl (C=O) groups excluding carboxylic acids is 2. The van der Waals surface area contributed by atoms with Gasteiger partial charge in [-0.25, -0.2) is 4.57 Å². The van der Waals surface area contributed by atoms with Crippen LogP contribution in [0.5, 0.6) is 0 Å². The first-order valence-corrected chi connectivity index (χ1v) is 29.1. The third-order valence-electron chi connectivity index (χ3n) is 13.0. The lowest BCUT2D eigenvalue weighted by Gasteiger charge is -2.41. The van der Waals surface area contributed by atoms with Gasteiger partial charge in [0, 0.05) is 12.8 Å². The second-order valence-corrected chi connectivity index (χ2v) is 20.9. The first-order chi connectivity index (χ1) is 32.9. The lowest BCUT2D eigenvalue weighted by molar-refractivity contribution is -0.220. The van der Waals surface area contributed by atoms with Crippen LogP contribution >= 0.6 is 7.82 Å². The SMILES string of the molecule is CCCCCCC/C=C\C/C=C\CCCCCCCCCCCCCC(=O)OC(COC(=O)CCCCCCCCCCCCCCCCCC)COP(=O)(O)OC1C(O)C(O)C(O)C(O)C1O. The van der Waals surface area contributed by atoms with Crippen molar-refractivity contribution in [3.63, 3.8) is 0 Å². The minimum atomic E-state index is -5.12. The lowest BCUT2D eigenvalue weighted by Crippen LogP contribution is -2.64.